The zero-order chi connectivity index (χ0) is 21.4. The lowest BCUT2D eigenvalue weighted by Gasteiger charge is -2.12. The summed E-state index contributed by atoms with van der Waals surface area (Å²) in [5.41, 5.74) is 6.28. The summed E-state index contributed by atoms with van der Waals surface area (Å²) >= 11 is 6.28. The SMILES string of the molecule is O=C1NCc2c(Cl)ccc(-c3cc4cc(CNCC(O)c5ccccc5)ccc4[nH]3)c21. The number of nitrogens with one attached hydrogen (secondary N) is 3. The zero-order valence-electron chi connectivity index (χ0n) is 16.8. The van der Waals surface area contributed by atoms with E-state index in [0.29, 0.717) is 30.2 Å². The van der Waals surface area contributed by atoms with E-state index < -0.39 is 6.10 Å². The number of aliphatic hydroxyl groups excluding tert-OH is 1. The number of fused-ring (bicyclic) bond motifs is 2. The van der Waals surface area contributed by atoms with Crippen molar-refractivity contribution in [2.45, 2.75) is 19.2 Å². The number of H-pyrrole nitrogens is 1. The molecule has 4 N–H and O–H groups in total. The van der Waals surface area contributed by atoms with Crippen molar-refractivity contribution in [2.75, 3.05) is 6.54 Å². The van der Waals surface area contributed by atoms with Crippen LogP contribution in [0.25, 0.3) is 22.2 Å². The summed E-state index contributed by atoms with van der Waals surface area (Å²) in [5.74, 6) is -0.0898. The molecule has 1 unspecified atom stereocenters. The third kappa shape index (κ3) is 3.83. The van der Waals surface area contributed by atoms with E-state index in [1.165, 1.54) is 0 Å². The summed E-state index contributed by atoms with van der Waals surface area (Å²) in [6, 6.07) is 21.7. The fourth-order valence-electron chi connectivity index (χ4n) is 4.12. The van der Waals surface area contributed by atoms with Gasteiger partial charge in [-0.1, -0.05) is 54.1 Å². The number of rotatable bonds is 6. The van der Waals surface area contributed by atoms with E-state index in [0.717, 1.165) is 38.9 Å². The summed E-state index contributed by atoms with van der Waals surface area (Å²) in [4.78, 5) is 15.8. The van der Waals surface area contributed by atoms with Crippen LogP contribution >= 0.6 is 11.6 Å². The molecule has 1 aliphatic rings. The van der Waals surface area contributed by atoms with Crippen molar-refractivity contribution in [3.8, 4) is 11.3 Å². The average molecular weight is 432 g/mol. The van der Waals surface area contributed by atoms with Gasteiger partial charge in [-0.3, -0.25) is 4.79 Å². The molecule has 2 heterocycles. The normalized spacial score (nSPS) is 13.9. The van der Waals surface area contributed by atoms with Gasteiger partial charge in [-0.2, -0.15) is 0 Å². The highest BCUT2D eigenvalue weighted by Crippen LogP contribution is 2.34. The summed E-state index contributed by atoms with van der Waals surface area (Å²) in [7, 11) is 0. The van der Waals surface area contributed by atoms with Gasteiger partial charge in [-0.15, -0.1) is 0 Å². The van der Waals surface area contributed by atoms with E-state index in [1.54, 1.807) is 0 Å². The minimum absolute atomic E-state index is 0.0898. The molecule has 0 aliphatic carbocycles. The molecule has 156 valence electrons. The van der Waals surface area contributed by atoms with Gasteiger partial charge in [0.2, 0.25) is 0 Å². The molecule has 1 aromatic heterocycles. The number of amides is 1. The Morgan fingerprint density at radius 2 is 1.90 bits per heavy atom. The molecule has 5 rings (SSSR count). The van der Waals surface area contributed by atoms with E-state index in [1.807, 2.05) is 48.5 Å². The third-order valence-corrected chi connectivity index (χ3v) is 6.09. The number of hydrogen-bond donors (Lipinski definition) is 4. The van der Waals surface area contributed by atoms with Crippen molar-refractivity contribution >= 4 is 28.4 Å². The number of aromatic nitrogens is 1. The molecular formula is C25H22ClN3O2. The molecule has 31 heavy (non-hydrogen) atoms. The summed E-state index contributed by atoms with van der Waals surface area (Å²) in [6.07, 6.45) is -0.540. The molecule has 4 aromatic rings. The zero-order valence-corrected chi connectivity index (χ0v) is 17.5. The minimum atomic E-state index is -0.540. The standard InChI is InChI=1S/C25H22ClN3O2/c26-20-8-7-18(24-19(20)13-28-25(24)31)22-11-17-10-15(6-9-21(17)29-22)12-27-14-23(30)16-4-2-1-3-5-16/h1-11,23,27,29-30H,12-14H2,(H,28,31). The van der Waals surface area contributed by atoms with Gasteiger partial charge in [0.15, 0.2) is 0 Å². The van der Waals surface area contributed by atoms with Crippen LogP contribution in [0.1, 0.15) is 33.2 Å². The van der Waals surface area contributed by atoms with Gasteiger partial charge in [0.05, 0.1) is 11.7 Å². The number of carbonyl (C=O) groups is 1. The number of benzene rings is 3. The Morgan fingerprint density at radius 1 is 1.06 bits per heavy atom. The van der Waals surface area contributed by atoms with E-state index in [-0.39, 0.29) is 5.91 Å². The number of halogens is 1. The quantitative estimate of drug-likeness (QED) is 0.361. The first-order chi connectivity index (χ1) is 15.1. The second kappa shape index (κ2) is 8.19. The molecule has 1 atom stereocenters. The Balaban J connectivity index is 1.34. The van der Waals surface area contributed by atoms with Crippen LogP contribution in [0.4, 0.5) is 0 Å². The Labute approximate surface area is 185 Å². The Kier molecular flexibility index (Phi) is 5.24. The molecule has 1 aliphatic heterocycles. The van der Waals surface area contributed by atoms with Gasteiger partial charge in [0.25, 0.3) is 5.91 Å². The number of hydrogen-bond acceptors (Lipinski definition) is 3. The highest BCUT2D eigenvalue weighted by atomic mass is 35.5. The molecule has 0 fully saturated rings. The van der Waals surface area contributed by atoms with Crippen LogP contribution in [0.3, 0.4) is 0 Å². The smallest absolute Gasteiger partial charge is 0.252 e. The van der Waals surface area contributed by atoms with Gasteiger partial charge >= 0.3 is 0 Å². The van der Waals surface area contributed by atoms with Gasteiger partial charge < -0.3 is 20.7 Å². The molecule has 5 nitrogen and oxygen atoms in total. The van der Waals surface area contributed by atoms with Crippen LogP contribution in [0.5, 0.6) is 0 Å². The molecule has 6 heteroatoms. The minimum Gasteiger partial charge on any atom is -0.387 e. The van der Waals surface area contributed by atoms with Crippen molar-refractivity contribution in [1.82, 2.24) is 15.6 Å². The lowest BCUT2D eigenvalue weighted by molar-refractivity contribution is 0.0966. The molecular weight excluding hydrogens is 410 g/mol. The third-order valence-electron chi connectivity index (χ3n) is 5.74. The van der Waals surface area contributed by atoms with Crippen LogP contribution in [0.2, 0.25) is 5.02 Å². The number of carbonyl (C=O) groups excluding carboxylic acids is 1. The Morgan fingerprint density at radius 3 is 2.74 bits per heavy atom. The summed E-state index contributed by atoms with van der Waals surface area (Å²) in [6.45, 7) is 1.59. The maximum absolute atomic E-state index is 12.3. The second-order valence-corrected chi connectivity index (χ2v) is 8.20. The maximum atomic E-state index is 12.3. The molecule has 0 radical (unpaired) electrons. The van der Waals surface area contributed by atoms with Crippen LogP contribution in [-0.4, -0.2) is 22.5 Å². The molecule has 3 aromatic carbocycles. The first kappa shape index (κ1) is 19.8. The van der Waals surface area contributed by atoms with Crippen molar-refractivity contribution in [3.05, 3.63) is 94.0 Å². The first-order valence-electron chi connectivity index (χ1n) is 10.3. The number of aromatic amines is 1. The van der Waals surface area contributed by atoms with E-state index in [4.69, 9.17) is 11.6 Å². The fraction of sp³-hybridized carbons (Fsp3) is 0.160. The second-order valence-electron chi connectivity index (χ2n) is 7.79. The molecule has 1 amide bonds. The summed E-state index contributed by atoms with van der Waals surface area (Å²) < 4.78 is 0. The Hall–Kier alpha value is -3.12. The van der Waals surface area contributed by atoms with Crippen molar-refractivity contribution in [3.63, 3.8) is 0 Å². The molecule has 0 bridgehead atoms. The van der Waals surface area contributed by atoms with Crippen LogP contribution in [-0.2, 0) is 13.1 Å². The van der Waals surface area contributed by atoms with Gasteiger partial charge in [0, 0.05) is 52.4 Å². The molecule has 0 spiro atoms. The van der Waals surface area contributed by atoms with Gasteiger partial charge in [-0.25, -0.2) is 0 Å². The van der Waals surface area contributed by atoms with Gasteiger partial charge in [0.1, 0.15) is 0 Å². The lowest BCUT2D eigenvalue weighted by Crippen LogP contribution is -2.20. The van der Waals surface area contributed by atoms with E-state index in [2.05, 4.69) is 33.8 Å². The molecule has 0 saturated heterocycles. The predicted molar refractivity (Wildman–Crippen MR) is 123 cm³/mol. The lowest BCUT2D eigenvalue weighted by atomic mass is 10.0. The van der Waals surface area contributed by atoms with E-state index >= 15 is 0 Å². The topological polar surface area (TPSA) is 77.2 Å². The van der Waals surface area contributed by atoms with Crippen LogP contribution in [0.15, 0.2) is 66.7 Å². The molecule has 0 saturated carbocycles. The van der Waals surface area contributed by atoms with Crippen molar-refractivity contribution in [1.29, 1.82) is 0 Å². The summed E-state index contributed by atoms with van der Waals surface area (Å²) in [5, 5.41) is 18.2. The Bertz CT molecular complexity index is 1270. The first-order valence-corrected chi connectivity index (χ1v) is 10.6. The van der Waals surface area contributed by atoms with Crippen LogP contribution < -0.4 is 10.6 Å². The predicted octanol–water partition coefficient (Wildman–Crippen LogP) is 4.55. The monoisotopic (exact) mass is 431 g/mol. The maximum Gasteiger partial charge on any atom is 0.252 e. The highest BCUT2D eigenvalue weighted by Gasteiger charge is 2.26. The van der Waals surface area contributed by atoms with Crippen LogP contribution in [0, 0.1) is 0 Å². The van der Waals surface area contributed by atoms with E-state index in [9.17, 15) is 9.90 Å². The van der Waals surface area contributed by atoms with Gasteiger partial charge in [-0.05, 0) is 35.4 Å². The van der Waals surface area contributed by atoms with Crippen molar-refractivity contribution in [2.24, 2.45) is 0 Å². The van der Waals surface area contributed by atoms with Crippen molar-refractivity contribution < 1.29 is 9.90 Å². The number of aliphatic hydroxyl groups is 1. The average Bonchev–Trinajstić information content (AvgIpc) is 3.39. The highest BCUT2D eigenvalue weighted by molar-refractivity contribution is 6.32. The fourth-order valence-corrected chi connectivity index (χ4v) is 4.34. The largest absolute Gasteiger partial charge is 0.387 e.